The van der Waals surface area contributed by atoms with Crippen molar-refractivity contribution in [2.24, 2.45) is 0 Å². The summed E-state index contributed by atoms with van der Waals surface area (Å²) in [6, 6.07) is 3.64. The van der Waals surface area contributed by atoms with E-state index >= 15 is 0 Å². The number of hydrogen-bond donors (Lipinski definition) is 2. The molecule has 0 spiro atoms. The summed E-state index contributed by atoms with van der Waals surface area (Å²) < 4.78 is 38.0. The lowest BCUT2D eigenvalue weighted by Gasteiger charge is -2.16. The highest BCUT2D eigenvalue weighted by molar-refractivity contribution is 9.10. The molecule has 0 fully saturated rings. The van der Waals surface area contributed by atoms with Crippen molar-refractivity contribution in [2.75, 3.05) is 25.0 Å². The van der Waals surface area contributed by atoms with Crippen LogP contribution in [-0.4, -0.2) is 19.6 Å². The van der Waals surface area contributed by atoms with E-state index in [9.17, 15) is 13.2 Å². The molecule has 2 N–H and O–H groups in total. The molecule has 0 atom stereocenters. The normalized spacial score (nSPS) is 16.1. The van der Waals surface area contributed by atoms with Gasteiger partial charge in [-0.1, -0.05) is 11.6 Å². The Kier molecular flexibility index (Phi) is 4.52. The predicted octanol–water partition coefficient (Wildman–Crippen LogP) is 3.80. The van der Waals surface area contributed by atoms with Crippen molar-refractivity contribution in [2.45, 2.75) is 12.6 Å². The highest BCUT2D eigenvalue weighted by atomic mass is 79.9. The summed E-state index contributed by atoms with van der Waals surface area (Å²) in [7, 11) is 0. The molecule has 0 radical (unpaired) electrons. The van der Waals surface area contributed by atoms with Gasteiger partial charge in [-0.2, -0.15) is 13.2 Å². The lowest BCUT2D eigenvalue weighted by atomic mass is 10.1. The van der Waals surface area contributed by atoms with E-state index < -0.39 is 11.7 Å². The molecule has 19 heavy (non-hydrogen) atoms. The lowest BCUT2D eigenvalue weighted by Crippen LogP contribution is -2.23. The Hall–Kier alpha value is -1.01. The summed E-state index contributed by atoms with van der Waals surface area (Å²) in [5.74, 6) is 0. The van der Waals surface area contributed by atoms with Gasteiger partial charge in [0.25, 0.3) is 0 Å². The maximum atomic E-state index is 12.5. The fourth-order valence-corrected chi connectivity index (χ4v) is 2.39. The number of rotatable bonds is 3. The van der Waals surface area contributed by atoms with Gasteiger partial charge >= 0.3 is 6.18 Å². The van der Waals surface area contributed by atoms with Crippen molar-refractivity contribution < 1.29 is 13.2 Å². The molecule has 1 heterocycles. The van der Waals surface area contributed by atoms with E-state index in [0.29, 0.717) is 16.7 Å². The average Bonchev–Trinajstić information content (AvgIpc) is 2.37. The minimum absolute atomic E-state index is 0.428. The number of anilines is 1. The first-order chi connectivity index (χ1) is 8.97. The number of hydrogen-bond acceptors (Lipinski definition) is 2. The summed E-state index contributed by atoms with van der Waals surface area (Å²) in [5.41, 5.74) is 1.30. The van der Waals surface area contributed by atoms with Gasteiger partial charge in [0.05, 0.1) is 5.56 Å². The molecule has 0 saturated heterocycles. The SMILES string of the molecule is FC(F)(F)c1ccc(NCC2=CCNCC2)c(Br)c1. The van der Waals surface area contributed by atoms with Gasteiger partial charge in [-0.3, -0.25) is 0 Å². The van der Waals surface area contributed by atoms with E-state index in [1.807, 2.05) is 0 Å². The van der Waals surface area contributed by atoms with Crippen LogP contribution in [0.15, 0.2) is 34.3 Å². The van der Waals surface area contributed by atoms with Crippen LogP contribution in [0.5, 0.6) is 0 Å². The van der Waals surface area contributed by atoms with E-state index in [1.54, 1.807) is 0 Å². The van der Waals surface area contributed by atoms with Gasteiger partial charge in [0.2, 0.25) is 0 Å². The van der Waals surface area contributed by atoms with Crippen LogP contribution < -0.4 is 10.6 Å². The van der Waals surface area contributed by atoms with Crippen molar-refractivity contribution in [1.29, 1.82) is 0 Å². The zero-order chi connectivity index (χ0) is 13.9. The van der Waals surface area contributed by atoms with Gasteiger partial charge in [0.1, 0.15) is 0 Å². The third-order valence-corrected chi connectivity index (χ3v) is 3.62. The molecule has 1 aliphatic rings. The first-order valence-electron chi connectivity index (χ1n) is 5.96. The van der Waals surface area contributed by atoms with Crippen LogP contribution in [0.25, 0.3) is 0 Å². The minimum Gasteiger partial charge on any atom is -0.380 e. The smallest absolute Gasteiger partial charge is 0.380 e. The van der Waals surface area contributed by atoms with Crippen LogP contribution in [-0.2, 0) is 6.18 Å². The second kappa shape index (κ2) is 5.96. The molecule has 2 nitrogen and oxygen atoms in total. The highest BCUT2D eigenvalue weighted by Gasteiger charge is 2.30. The first-order valence-corrected chi connectivity index (χ1v) is 6.75. The lowest BCUT2D eigenvalue weighted by molar-refractivity contribution is -0.137. The largest absolute Gasteiger partial charge is 0.416 e. The molecule has 0 unspecified atom stereocenters. The van der Waals surface area contributed by atoms with Gasteiger partial charge in [-0.15, -0.1) is 0 Å². The number of nitrogens with one attached hydrogen (secondary N) is 2. The van der Waals surface area contributed by atoms with Gasteiger partial charge in [0, 0.05) is 23.2 Å². The van der Waals surface area contributed by atoms with Crippen molar-refractivity contribution in [3.05, 3.63) is 39.9 Å². The Balaban J connectivity index is 2.03. The Morgan fingerprint density at radius 3 is 2.68 bits per heavy atom. The molecule has 0 saturated carbocycles. The molecule has 0 amide bonds. The van der Waals surface area contributed by atoms with Gasteiger partial charge in [-0.05, 0) is 47.1 Å². The summed E-state index contributed by atoms with van der Waals surface area (Å²) in [6.07, 6.45) is -1.24. The predicted molar refractivity (Wildman–Crippen MR) is 73.2 cm³/mol. The van der Waals surface area contributed by atoms with Gasteiger partial charge in [-0.25, -0.2) is 0 Å². The zero-order valence-corrected chi connectivity index (χ0v) is 11.7. The molecule has 6 heteroatoms. The van der Waals surface area contributed by atoms with Crippen LogP contribution in [0, 0.1) is 0 Å². The van der Waals surface area contributed by atoms with E-state index in [-0.39, 0.29) is 0 Å². The van der Waals surface area contributed by atoms with E-state index in [4.69, 9.17) is 0 Å². The van der Waals surface area contributed by atoms with Crippen LogP contribution >= 0.6 is 15.9 Å². The fourth-order valence-electron chi connectivity index (χ4n) is 1.87. The Bertz CT molecular complexity index is 483. The third-order valence-electron chi connectivity index (χ3n) is 2.96. The molecule has 2 rings (SSSR count). The van der Waals surface area contributed by atoms with Crippen LogP contribution in [0.4, 0.5) is 18.9 Å². The zero-order valence-electron chi connectivity index (χ0n) is 10.1. The Morgan fingerprint density at radius 1 is 1.32 bits per heavy atom. The summed E-state index contributed by atoms with van der Waals surface area (Å²) in [4.78, 5) is 0. The summed E-state index contributed by atoms with van der Waals surface area (Å²) in [5, 5.41) is 6.36. The second-order valence-corrected chi connectivity index (χ2v) is 5.22. The van der Waals surface area contributed by atoms with Crippen LogP contribution in [0.1, 0.15) is 12.0 Å². The van der Waals surface area contributed by atoms with Crippen LogP contribution in [0.2, 0.25) is 0 Å². The topological polar surface area (TPSA) is 24.1 Å². The number of halogens is 4. The van der Waals surface area contributed by atoms with Crippen molar-refractivity contribution in [3.8, 4) is 0 Å². The standard InChI is InChI=1S/C13H14BrF3N2/c14-11-7-10(13(15,16)17)1-2-12(11)19-8-9-3-5-18-6-4-9/h1-3,7,18-19H,4-6,8H2. The number of benzene rings is 1. The molecule has 0 aliphatic carbocycles. The van der Waals surface area contributed by atoms with Crippen molar-refractivity contribution in [3.63, 3.8) is 0 Å². The highest BCUT2D eigenvalue weighted by Crippen LogP contribution is 2.33. The molecule has 0 bridgehead atoms. The molecule has 104 valence electrons. The van der Waals surface area contributed by atoms with Gasteiger partial charge in [0.15, 0.2) is 0 Å². The molecular formula is C13H14BrF3N2. The molecule has 0 aromatic heterocycles. The van der Waals surface area contributed by atoms with E-state index in [1.165, 1.54) is 11.6 Å². The second-order valence-electron chi connectivity index (χ2n) is 4.36. The summed E-state index contributed by atoms with van der Waals surface area (Å²) in [6.45, 7) is 2.46. The van der Waals surface area contributed by atoms with Gasteiger partial charge < -0.3 is 10.6 Å². The average molecular weight is 335 g/mol. The van der Waals surface area contributed by atoms with Crippen molar-refractivity contribution >= 4 is 21.6 Å². The van der Waals surface area contributed by atoms with Crippen molar-refractivity contribution in [1.82, 2.24) is 5.32 Å². The Labute approximate surface area is 118 Å². The molecule has 1 aliphatic heterocycles. The molecule has 1 aromatic rings. The first kappa shape index (κ1) is 14.4. The van der Waals surface area contributed by atoms with E-state index in [2.05, 4.69) is 32.6 Å². The third kappa shape index (κ3) is 3.98. The van der Waals surface area contributed by atoms with Crippen LogP contribution in [0.3, 0.4) is 0 Å². The maximum absolute atomic E-state index is 12.5. The Morgan fingerprint density at radius 2 is 2.11 bits per heavy atom. The monoisotopic (exact) mass is 334 g/mol. The molecule has 1 aromatic carbocycles. The van der Waals surface area contributed by atoms with E-state index in [0.717, 1.165) is 31.6 Å². The minimum atomic E-state index is -4.31. The molecular weight excluding hydrogens is 321 g/mol. The summed E-state index contributed by atoms with van der Waals surface area (Å²) >= 11 is 3.17. The quantitative estimate of drug-likeness (QED) is 0.821. The number of alkyl halides is 3. The fraction of sp³-hybridized carbons (Fsp3) is 0.385. The maximum Gasteiger partial charge on any atom is 0.416 e.